The first-order chi connectivity index (χ1) is 12.5. The summed E-state index contributed by atoms with van der Waals surface area (Å²) in [6.07, 6.45) is 4.55. The van der Waals surface area contributed by atoms with E-state index in [9.17, 15) is 4.79 Å². The monoisotopic (exact) mass is 484 g/mol. The van der Waals surface area contributed by atoms with Crippen molar-refractivity contribution in [3.05, 3.63) is 74.8 Å². The Kier molecular flexibility index (Phi) is 8.00. The molecule has 2 aromatic carbocycles. The van der Waals surface area contributed by atoms with E-state index in [0.29, 0.717) is 23.1 Å². The molecule has 0 fully saturated rings. The van der Waals surface area contributed by atoms with Gasteiger partial charge in [-0.1, -0.05) is 36.4 Å². The molecule has 0 aliphatic rings. The number of ether oxygens (including phenoxy) is 3. The number of esters is 1. The molecule has 2 aromatic rings. The minimum Gasteiger partial charge on any atom is -0.493 e. The Labute approximate surface area is 171 Å². The number of hydrogen-bond acceptors (Lipinski definition) is 4. The van der Waals surface area contributed by atoms with E-state index in [-0.39, 0.29) is 6.61 Å². The van der Waals surface area contributed by atoms with Gasteiger partial charge in [-0.3, -0.25) is 0 Å². The molecule has 0 aliphatic heterocycles. The molecular weight excluding hydrogens is 467 g/mol. The lowest BCUT2D eigenvalue weighted by atomic mass is 10.2. The van der Waals surface area contributed by atoms with Crippen LogP contribution in [0.5, 0.6) is 11.5 Å². The average molecular weight is 485 g/mol. The van der Waals surface area contributed by atoms with Crippen molar-refractivity contribution in [2.75, 3.05) is 13.7 Å². The predicted octanol–water partition coefficient (Wildman–Crippen LogP) is 5.27. The fourth-order valence-electron chi connectivity index (χ4n) is 2.07. The van der Waals surface area contributed by atoms with Gasteiger partial charge in [-0.25, -0.2) is 4.79 Å². The zero-order valence-electron chi connectivity index (χ0n) is 14.2. The average Bonchev–Trinajstić information content (AvgIpc) is 2.64. The van der Waals surface area contributed by atoms with Gasteiger partial charge in [-0.2, -0.15) is 0 Å². The topological polar surface area (TPSA) is 44.8 Å². The summed E-state index contributed by atoms with van der Waals surface area (Å²) >= 11 is 8.07. The molecule has 0 heterocycles. The van der Waals surface area contributed by atoms with Gasteiger partial charge < -0.3 is 14.2 Å². The largest absolute Gasteiger partial charge is 0.493 e. The van der Waals surface area contributed by atoms with Gasteiger partial charge in [0.2, 0.25) is 0 Å². The molecule has 0 spiro atoms. The van der Waals surface area contributed by atoms with Crippen molar-refractivity contribution < 1.29 is 19.0 Å². The van der Waals surface area contributed by atoms with Gasteiger partial charge >= 0.3 is 5.97 Å². The Morgan fingerprint density at radius 2 is 2.00 bits per heavy atom. The lowest BCUT2D eigenvalue weighted by Crippen LogP contribution is -2.01. The lowest BCUT2D eigenvalue weighted by molar-refractivity contribution is -0.136. The van der Waals surface area contributed by atoms with Crippen LogP contribution >= 0.6 is 34.2 Å². The Hall–Kier alpha value is -1.99. The van der Waals surface area contributed by atoms with Crippen molar-refractivity contribution in [2.24, 2.45) is 0 Å². The lowest BCUT2D eigenvalue weighted by Gasteiger charge is -2.14. The number of halogens is 2. The van der Waals surface area contributed by atoms with E-state index < -0.39 is 5.97 Å². The molecule has 0 saturated heterocycles. The van der Waals surface area contributed by atoms with Gasteiger partial charge in [0.05, 0.1) is 10.7 Å². The van der Waals surface area contributed by atoms with Crippen LogP contribution in [0.1, 0.15) is 11.1 Å². The van der Waals surface area contributed by atoms with E-state index in [1.165, 1.54) is 12.2 Å². The zero-order valence-corrected chi connectivity index (χ0v) is 17.1. The first-order valence-corrected chi connectivity index (χ1v) is 9.19. The third-order valence-corrected chi connectivity index (χ3v) is 4.36. The van der Waals surface area contributed by atoms with Crippen LogP contribution in [0, 0.1) is 3.57 Å². The van der Waals surface area contributed by atoms with E-state index in [4.69, 9.17) is 25.8 Å². The maximum atomic E-state index is 11.5. The van der Waals surface area contributed by atoms with Gasteiger partial charge in [-0.05, 0) is 64.1 Å². The van der Waals surface area contributed by atoms with Gasteiger partial charge in [-0.15, -0.1) is 0 Å². The third-order valence-electron chi connectivity index (χ3n) is 3.30. The van der Waals surface area contributed by atoms with E-state index in [0.717, 1.165) is 14.7 Å². The van der Waals surface area contributed by atoms with Crippen molar-refractivity contribution in [2.45, 2.75) is 6.61 Å². The number of carbonyl (C=O) groups is 1. The van der Waals surface area contributed by atoms with Gasteiger partial charge in [0.25, 0.3) is 0 Å². The van der Waals surface area contributed by atoms with Crippen molar-refractivity contribution in [1.29, 1.82) is 0 Å². The van der Waals surface area contributed by atoms with Crippen molar-refractivity contribution in [1.82, 2.24) is 0 Å². The number of rotatable bonds is 8. The molecule has 26 heavy (non-hydrogen) atoms. The fourth-order valence-corrected chi connectivity index (χ4v) is 2.97. The number of hydrogen-bond donors (Lipinski definition) is 0. The predicted molar refractivity (Wildman–Crippen MR) is 112 cm³/mol. The van der Waals surface area contributed by atoms with E-state index in [1.807, 2.05) is 30.3 Å². The van der Waals surface area contributed by atoms with Gasteiger partial charge in [0, 0.05) is 11.1 Å². The zero-order chi connectivity index (χ0) is 18.9. The minimum atomic E-state index is -0.429. The number of methoxy groups -OCH3 is 1. The number of carbonyl (C=O) groups excluding carboxylic acids is 1. The Morgan fingerprint density at radius 3 is 2.65 bits per heavy atom. The molecule has 0 saturated carbocycles. The first-order valence-electron chi connectivity index (χ1n) is 7.74. The van der Waals surface area contributed by atoms with Crippen LogP contribution in [0.4, 0.5) is 0 Å². The van der Waals surface area contributed by atoms with Crippen LogP contribution < -0.4 is 9.47 Å². The SMILES string of the molecule is C=CCOC(=O)/C=C/c1cc(I)c(OCc2ccc(Cl)cc2)c(OC)c1. The van der Waals surface area contributed by atoms with Gasteiger partial charge in [0.1, 0.15) is 13.2 Å². The Balaban J connectivity index is 2.12. The highest BCUT2D eigenvalue weighted by Crippen LogP contribution is 2.35. The summed E-state index contributed by atoms with van der Waals surface area (Å²) in [5, 5.41) is 0.684. The molecule has 0 unspecified atom stereocenters. The van der Waals surface area contributed by atoms with Crippen LogP contribution in [-0.4, -0.2) is 19.7 Å². The summed E-state index contributed by atoms with van der Waals surface area (Å²) in [6, 6.07) is 11.2. The van der Waals surface area contributed by atoms with Crippen molar-refractivity contribution in [3.8, 4) is 11.5 Å². The van der Waals surface area contributed by atoms with Crippen LogP contribution in [-0.2, 0) is 16.1 Å². The molecule has 0 bridgehead atoms. The Bertz CT molecular complexity index is 800. The molecule has 6 heteroatoms. The molecule has 0 radical (unpaired) electrons. The smallest absolute Gasteiger partial charge is 0.331 e. The second kappa shape index (κ2) is 10.2. The van der Waals surface area contributed by atoms with Crippen molar-refractivity contribution >= 4 is 46.2 Å². The fraction of sp³-hybridized carbons (Fsp3) is 0.150. The summed E-state index contributed by atoms with van der Waals surface area (Å²) in [5.74, 6) is 0.807. The standard InChI is InChI=1S/C20H18ClIO4/c1-3-10-25-19(23)9-6-15-11-17(22)20(18(12-15)24-2)26-13-14-4-7-16(21)8-5-14/h3-9,11-12H,1,10,13H2,2H3/b9-6+. The summed E-state index contributed by atoms with van der Waals surface area (Å²) in [4.78, 5) is 11.5. The maximum Gasteiger partial charge on any atom is 0.331 e. The summed E-state index contributed by atoms with van der Waals surface area (Å²) in [7, 11) is 1.58. The summed E-state index contributed by atoms with van der Waals surface area (Å²) in [5.41, 5.74) is 1.81. The normalized spacial score (nSPS) is 10.6. The highest BCUT2D eigenvalue weighted by atomic mass is 127. The van der Waals surface area contributed by atoms with Crippen molar-refractivity contribution in [3.63, 3.8) is 0 Å². The highest BCUT2D eigenvalue weighted by Gasteiger charge is 2.11. The first kappa shape index (κ1) is 20.3. The summed E-state index contributed by atoms with van der Waals surface area (Å²) in [6.45, 7) is 4.08. The molecule has 2 rings (SSSR count). The quantitative estimate of drug-likeness (QED) is 0.221. The third kappa shape index (κ3) is 6.07. The molecule has 0 aliphatic carbocycles. The maximum absolute atomic E-state index is 11.5. The molecule has 0 amide bonds. The second-order valence-electron chi connectivity index (χ2n) is 5.20. The molecular formula is C20H18ClIO4. The van der Waals surface area contributed by atoms with Crippen LogP contribution in [0.25, 0.3) is 6.08 Å². The minimum absolute atomic E-state index is 0.182. The van der Waals surface area contributed by atoms with E-state index in [2.05, 4.69) is 29.2 Å². The molecule has 4 nitrogen and oxygen atoms in total. The molecule has 0 aromatic heterocycles. The molecule has 136 valence electrons. The van der Waals surface area contributed by atoms with Crippen LogP contribution in [0.3, 0.4) is 0 Å². The Morgan fingerprint density at radius 1 is 1.27 bits per heavy atom. The van der Waals surface area contributed by atoms with E-state index in [1.54, 1.807) is 19.3 Å². The molecule has 0 atom stereocenters. The van der Waals surface area contributed by atoms with E-state index >= 15 is 0 Å². The second-order valence-corrected chi connectivity index (χ2v) is 6.80. The van der Waals surface area contributed by atoms with Crippen LogP contribution in [0.15, 0.2) is 55.1 Å². The molecule has 0 N–H and O–H groups in total. The number of benzene rings is 2. The highest BCUT2D eigenvalue weighted by molar-refractivity contribution is 14.1. The van der Waals surface area contributed by atoms with Gasteiger partial charge in [0.15, 0.2) is 11.5 Å². The summed E-state index contributed by atoms with van der Waals surface area (Å²) < 4.78 is 17.1. The van der Waals surface area contributed by atoms with Crippen LogP contribution in [0.2, 0.25) is 5.02 Å².